The third-order valence-electron chi connectivity index (χ3n) is 4.40. The van der Waals surface area contributed by atoms with Crippen LogP contribution in [0.5, 0.6) is 5.75 Å². The molecule has 0 saturated carbocycles. The van der Waals surface area contributed by atoms with Crippen molar-refractivity contribution < 1.29 is 18.7 Å². The van der Waals surface area contributed by atoms with Crippen LogP contribution in [-0.2, 0) is 11.2 Å². The molecule has 0 radical (unpaired) electrons. The van der Waals surface area contributed by atoms with E-state index in [0.717, 1.165) is 5.56 Å². The van der Waals surface area contributed by atoms with Gasteiger partial charge in [0.15, 0.2) is 0 Å². The normalized spacial score (nSPS) is 14.7. The number of anilines is 2. The molecule has 0 bridgehead atoms. The Morgan fingerprint density at radius 1 is 1.41 bits per heavy atom. The molecule has 27 heavy (non-hydrogen) atoms. The highest BCUT2D eigenvalue weighted by molar-refractivity contribution is 6.33. The van der Waals surface area contributed by atoms with Crippen LogP contribution in [0.25, 0.3) is 11.0 Å². The Bertz CT molecular complexity index is 1080. The smallest absolute Gasteiger partial charge is 0.341 e. The van der Waals surface area contributed by atoms with Crippen LogP contribution in [-0.4, -0.2) is 28.6 Å². The molecule has 1 aliphatic rings. The van der Waals surface area contributed by atoms with Crippen molar-refractivity contribution in [3.63, 3.8) is 0 Å². The lowest BCUT2D eigenvalue weighted by Crippen LogP contribution is -2.25. The van der Waals surface area contributed by atoms with Crippen LogP contribution in [0.4, 0.5) is 16.0 Å². The largest absolute Gasteiger partial charge is 0.486 e. The molecule has 140 valence electrons. The first-order valence-electron chi connectivity index (χ1n) is 8.32. The molecule has 1 aliphatic heterocycles. The molecule has 0 amide bonds. The van der Waals surface area contributed by atoms with Crippen LogP contribution in [0.1, 0.15) is 29.8 Å². The maximum absolute atomic E-state index is 13.2. The van der Waals surface area contributed by atoms with Gasteiger partial charge in [0.2, 0.25) is 5.95 Å². The number of H-pyrrole nitrogens is 1. The highest BCUT2D eigenvalue weighted by atomic mass is 35.5. The molecule has 1 aromatic heterocycles. The van der Waals surface area contributed by atoms with Crippen molar-refractivity contribution in [3.8, 4) is 5.75 Å². The average Bonchev–Trinajstić information content (AvgIpc) is 3.15. The Balaban J connectivity index is 1.82. The van der Waals surface area contributed by atoms with E-state index in [9.17, 15) is 9.18 Å². The highest BCUT2D eigenvalue weighted by Gasteiger charge is 2.36. The summed E-state index contributed by atoms with van der Waals surface area (Å²) in [4.78, 5) is 19.9. The van der Waals surface area contributed by atoms with Gasteiger partial charge < -0.3 is 19.8 Å². The number of esters is 1. The number of halogens is 2. The summed E-state index contributed by atoms with van der Waals surface area (Å²) >= 11 is 6.07. The van der Waals surface area contributed by atoms with Gasteiger partial charge in [0.25, 0.3) is 0 Å². The second kappa shape index (κ2) is 6.13. The molecule has 0 unspecified atom stereocenters. The summed E-state index contributed by atoms with van der Waals surface area (Å²) in [5.41, 5.74) is 2.61. The number of rotatable bonds is 3. The summed E-state index contributed by atoms with van der Waals surface area (Å²) < 4.78 is 24.1. The number of imidazole rings is 1. The SMILES string of the molecule is COC(=O)c1cc2[nH]c(Nc3ccc(F)cc3Cl)nc2c2c1OC(C)(C)C2. The van der Waals surface area contributed by atoms with E-state index in [-0.39, 0.29) is 5.02 Å². The van der Waals surface area contributed by atoms with Gasteiger partial charge in [-0.25, -0.2) is 14.2 Å². The highest BCUT2D eigenvalue weighted by Crippen LogP contribution is 2.42. The van der Waals surface area contributed by atoms with E-state index in [2.05, 4.69) is 15.3 Å². The van der Waals surface area contributed by atoms with E-state index in [4.69, 9.17) is 21.1 Å². The lowest BCUT2D eigenvalue weighted by molar-refractivity contribution is 0.0590. The molecule has 2 N–H and O–H groups in total. The van der Waals surface area contributed by atoms with E-state index in [0.29, 0.717) is 40.4 Å². The number of hydrogen-bond acceptors (Lipinski definition) is 5. The van der Waals surface area contributed by atoms with Crippen LogP contribution in [0.2, 0.25) is 5.02 Å². The molecule has 8 heteroatoms. The average molecular weight is 390 g/mol. The van der Waals surface area contributed by atoms with E-state index in [1.165, 1.54) is 25.3 Å². The fourth-order valence-corrected chi connectivity index (χ4v) is 3.47. The van der Waals surface area contributed by atoms with Crippen LogP contribution in [0.3, 0.4) is 0 Å². The van der Waals surface area contributed by atoms with Crippen molar-refractivity contribution in [2.75, 3.05) is 12.4 Å². The number of aromatic nitrogens is 2. The molecule has 6 nitrogen and oxygen atoms in total. The second-order valence-electron chi connectivity index (χ2n) is 6.99. The zero-order valence-electron chi connectivity index (χ0n) is 14.9. The summed E-state index contributed by atoms with van der Waals surface area (Å²) in [5.74, 6) is 0.0243. The zero-order valence-corrected chi connectivity index (χ0v) is 15.7. The second-order valence-corrected chi connectivity index (χ2v) is 7.40. The van der Waals surface area contributed by atoms with Gasteiger partial charge in [-0.05, 0) is 38.1 Å². The molecule has 0 spiro atoms. The predicted molar refractivity (Wildman–Crippen MR) is 101 cm³/mol. The van der Waals surface area contributed by atoms with Gasteiger partial charge in [-0.1, -0.05) is 11.6 Å². The number of aromatic amines is 1. The number of nitrogens with zero attached hydrogens (tertiary/aromatic N) is 1. The lowest BCUT2D eigenvalue weighted by atomic mass is 9.99. The summed E-state index contributed by atoms with van der Waals surface area (Å²) in [6, 6.07) is 5.71. The number of hydrogen-bond donors (Lipinski definition) is 2. The van der Waals surface area contributed by atoms with Crippen molar-refractivity contribution in [1.29, 1.82) is 0 Å². The summed E-state index contributed by atoms with van der Waals surface area (Å²) in [5, 5.41) is 3.28. The fourth-order valence-electron chi connectivity index (χ4n) is 3.26. The van der Waals surface area contributed by atoms with E-state index in [1.54, 1.807) is 6.07 Å². The minimum Gasteiger partial charge on any atom is -0.486 e. The summed E-state index contributed by atoms with van der Waals surface area (Å²) in [6.45, 7) is 3.90. The fraction of sp³-hybridized carbons (Fsp3) is 0.263. The molecule has 0 aliphatic carbocycles. The van der Waals surface area contributed by atoms with E-state index in [1.807, 2.05) is 13.8 Å². The maximum Gasteiger partial charge on any atom is 0.341 e. The Morgan fingerprint density at radius 3 is 2.89 bits per heavy atom. The third kappa shape index (κ3) is 3.08. The number of nitrogens with one attached hydrogen (secondary N) is 2. The Hall–Kier alpha value is -2.80. The van der Waals surface area contributed by atoms with Gasteiger partial charge in [-0.15, -0.1) is 0 Å². The number of carbonyl (C=O) groups is 1. The van der Waals surface area contributed by atoms with Crippen molar-refractivity contribution in [1.82, 2.24) is 9.97 Å². The van der Waals surface area contributed by atoms with Gasteiger partial charge in [0.1, 0.15) is 22.7 Å². The molecule has 3 aromatic rings. The Kier molecular flexibility index (Phi) is 3.99. The molecule has 0 saturated heterocycles. The standard InChI is InChI=1S/C19H17ClFN3O3/c1-19(2)8-11-15-14(7-10(16(11)27-19)17(25)26-3)23-18(24-15)22-13-5-4-9(21)6-12(13)20/h4-7H,8H2,1-3H3,(H2,22,23,24). The zero-order chi connectivity index (χ0) is 19.3. The number of benzene rings is 2. The van der Waals surface area contributed by atoms with Crippen LogP contribution in [0, 0.1) is 5.82 Å². The molecular weight excluding hydrogens is 373 g/mol. The molecule has 0 fully saturated rings. The van der Waals surface area contributed by atoms with Crippen LogP contribution in [0.15, 0.2) is 24.3 Å². The Labute approximate surface area is 159 Å². The number of ether oxygens (including phenoxy) is 2. The first-order valence-corrected chi connectivity index (χ1v) is 8.70. The number of methoxy groups -OCH3 is 1. The van der Waals surface area contributed by atoms with Gasteiger partial charge >= 0.3 is 5.97 Å². The summed E-state index contributed by atoms with van der Waals surface area (Å²) in [6.07, 6.45) is 0.602. The van der Waals surface area contributed by atoms with Crippen LogP contribution >= 0.6 is 11.6 Å². The van der Waals surface area contributed by atoms with Crippen molar-refractivity contribution in [2.45, 2.75) is 25.9 Å². The molecular formula is C19H17ClFN3O3. The topological polar surface area (TPSA) is 76.2 Å². The molecule has 4 rings (SSSR count). The lowest BCUT2D eigenvalue weighted by Gasteiger charge is -2.17. The van der Waals surface area contributed by atoms with Crippen molar-refractivity contribution in [2.24, 2.45) is 0 Å². The van der Waals surface area contributed by atoms with Crippen molar-refractivity contribution in [3.05, 3.63) is 46.2 Å². The van der Waals surface area contributed by atoms with Gasteiger partial charge in [-0.3, -0.25) is 0 Å². The van der Waals surface area contributed by atoms with Gasteiger partial charge in [0.05, 0.1) is 28.9 Å². The first kappa shape index (κ1) is 17.6. The first-order chi connectivity index (χ1) is 12.8. The molecule has 0 atom stereocenters. The van der Waals surface area contributed by atoms with Crippen molar-refractivity contribution >= 4 is 40.2 Å². The maximum atomic E-state index is 13.2. The molecule has 2 heterocycles. The minimum absolute atomic E-state index is 0.236. The monoisotopic (exact) mass is 389 g/mol. The van der Waals surface area contributed by atoms with Gasteiger partial charge in [-0.2, -0.15) is 0 Å². The van der Waals surface area contributed by atoms with Crippen LogP contribution < -0.4 is 10.1 Å². The van der Waals surface area contributed by atoms with E-state index >= 15 is 0 Å². The minimum atomic E-state index is -0.475. The Morgan fingerprint density at radius 2 is 2.19 bits per heavy atom. The van der Waals surface area contributed by atoms with Gasteiger partial charge in [0, 0.05) is 12.0 Å². The number of fused-ring (bicyclic) bond motifs is 3. The summed E-state index contributed by atoms with van der Waals surface area (Å²) in [7, 11) is 1.33. The quantitative estimate of drug-likeness (QED) is 0.640. The number of carbonyl (C=O) groups excluding carboxylic acids is 1. The third-order valence-corrected chi connectivity index (χ3v) is 4.71. The van der Waals surface area contributed by atoms with E-state index < -0.39 is 17.4 Å². The molecule has 2 aromatic carbocycles. The predicted octanol–water partition coefficient (Wildman–Crippen LogP) is 4.60.